The molecule has 0 radical (unpaired) electrons. The van der Waals surface area contributed by atoms with Crippen molar-refractivity contribution in [2.24, 2.45) is 16.6 Å². The van der Waals surface area contributed by atoms with Gasteiger partial charge in [0, 0.05) is 18.7 Å². The second kappa shape index (κ2) is 5.07. The Hall–Kier alpha value is -0.170. The molecular weight excluding hydrogens is 252 g/mol. The highest BCUT2D eigenvalue weighted by molar-refractivity contribution is 7.89. The minimum atomic E-state index is -3.31. The van der Waals surface area contributed by atoms with Crippen molar-refractivity contribution in [1.29, 1.82) is 0 Å². The number of sulfonamides is 1. The Balaban J connectivity index is 2.67. The van der Waals surface area contributed by atoms with Gasteiger partial charge < -0.3 is 10.5 Å². The van der Waals surface area contributed by atoms with E-state index in [0.717, 1.165) is 0 Å². The molecule has 5 nitrogen and oxygen atoms in total. The molecule has 18 heavy (non-hydrogen) atoms. The van der Waals surface area contributed by atoms with Gasteiger partial charge in [0.05, 0.1) is 12.4 Å². The molecule has 0 aromatic heterocycles. The topological polar surface area (TPSA) is 81.4 Å². The Morgan fingerprint density at radius 1 is 1.22 bits per heavy atom. The first-order chi connectivity index (χ1) is 8.05. The van der Waals surface area contributed by atoms with Gasteiger partial charge in [-0.2, -0.15) is 0 Å². The molecule has 0 aliphatic heterocycles. The first-order valence-electron chi connectivity index (χ1n) is 6.39. The van der Waals surface area contributed by atoms with Crippen molar-refractivity contribution in [2.75, 3.05) is 19.0 Å². The van der Waals surface area contributed by atoms with Crippen molar-refractivity contribution in [3.05, 3.63) is 0 Å². The van der Waals surface area contributed by atoms with Crippen molar-refractivity contribution in [3.8, 4) is 0 Å². The Morgan fingerprint density at radius 3 is 2.17 bits per heavy atom. The van der Waals surface area contributed by atoms with Crippen LogP contribution in [-0.2, 0) is 14.8 Å². The summed E-state index contributed by atoms with van der Waals surface area (Å²) in [4.78, 5) is 0. The third-order valence-electron chi connectivity index (χ3n) is 4.09. The molecule has 6 heteroatoms. The van der Waals surface area contributed by atoms with Gasteiger partial charge in [-0.1, -0.05) is 27.7 Å². The predicted molar refractivity (Wildman–Crippen MR) is 72.7 cm³/mol. The van der Waals surface area contributed by atoms with Crippen molar-refractivity contribution < 1.29 is 13.2 Å². The molecule has 1 saturated carbocycles. The van der Waals surface area contributed by atoms with Gasteiger partial charge in [0.15, 0.2) is 0 Å². The monoisotopic (exact) mass is 278 g/mol. The molecule has 3 N–H and O–H groups in total. The fraction of sp³-hybridized carbons (Fsp3) is 1.00. The van der Waals surface area contributed by atoms with E-state index in [1.54, 1.807) is 0 Å². The minimum absolute atomic E-state index is 0.00125. The molecule has 0 amide bonds. The summed E-state index contributed by atoms with van der Waals surface area (Å²) in [6.07, 6.45) is 0. The van der Waals surface area contributed by atoms with Crippen molar-refractivity contribution >= 4 is 10.0 Å². The molecular formula is C12H26N2O3S. The normalized spacial score (nSPS) is 29.9. The highest BCUT2D eigenvalue weighted by Crippen LogP contribution is 2.52. The zero-order chi connectivity index (χ0) is 14.2. The van der Waals surface area contributed by atoms with Gasteiger partial charge in [-0.05, 0) is 17.8 Å². The van der Waals surface area contributed by atoms with Gasteiger partial charge in [-0.15, -0.1) is 0 Å². The molecule has 0 spiro atoms. The Morgan fingerprint density at radius 2 is 1.72 bits per heavy atom. The minimum Gasteiger partial charge on any atom is -0.381 e. The maximum atomic E-state index is 12.0. The predicted octanol–water partition coefficient (Wildman–Crippen LogP) is 0.704. The van der Waals surface area contributed by atoms with Gasteiger partial charge >= 0.3 is 0 Å². The smallest absolute Gasteiger partial charge is 0.214 e. The lowest BCUT2D eigenvalue weighted by Gasteiger charge is -2.62. The van der Waals surface area contributed by atoms with Gasteiger partial charge in [-0.3, -0.25) is 0 Å². The third-order valence-corrected chi connectivity index (χ3v) is 5.39. The molecule has 108 valence electrons. The van der Waals surface area contributed by atoms with E-state index < -0.39 is 10.0 Å². The molecule has 0 heterocycles. The van der Waals surface area contributed by atoms with Crippen molar-refractivity contribution in [3.63, 3.8) is 0 Å². The number of hydrogen-bond acceptors (Lipinski definition) is 4. The van der Waals surface area contributed by atoms with E-state index in [2.05, 4.69) is 4.72 Å². The van der Waals surface area contributed by atoms with E-state index >= 15 is 0 Å². The average molecular weight is 278 g/mol. The largest absolute Gasteiger partial charge is 0.381 e. The highest BCUT2D eigenvalue weighted by atomic mass is 32.2. The quantitative estimate of drug-likeness (QED) is 0.701. The molecule has 1 aliphatic carbocycles. The fourth-order valence-corrected chi connectivity index (χ4v) is 4.46. The molecule has 0 saturated heterocycles. The highest BCUT2D eigenvalue weighted by Gasteiger charge is 2.60. The second-order valence-electron chi connectivity index (χ2n) is 6.19. The summed E-state index contributed by atoms with van der Waals surface area (Å²) in [6.45, 7) is 10.6. The molecule has 0 aromatic carbocycles. The third kappa shape index (κ3) is 2.87. The van der Waals surface area contributed by atoms with E-state index in [4.69, 9.17) is 10.5 Å². The van der Waals surface area contributed by atoms with Crippen LogP contribution in [0.25, 0.3) is 0 Å². The number of hydrogen-bond donors (Lipinski definition) is 2. The molecule has 0 bridgehead atoms. The number of nitrogens with two attached hydrogens (primary N) is 1. The first-order valence-corrected chi connectivity index (χ1v) is 8.04. The lowest BCUT2D eigenvalue weighted by Crippen LogP contribution is -2.76. The summed E-state index contributed by atoms with van der Waals surface area (Å²) < 4.78 is 31.8. The Kier molecular flexibility index (Phi) is 4.48. The lowest BCUT2D eigenvalue weighted by molar-refractivity contribution is -0.0594. The number of nitrogens with one attached hydrogen (secondary N) is 1. The first kappa shape index (κ1) is 15.9. The number of ether oxygens (including phenoxy) is 1. The summed E-state index contributed by atoms with van der Waals surface area (Å²) in [7, 11) is -3.31. The van der Waals surface area contributed by atoms with E-state index in [9.17, 15) is 8.42 Å². The summed E-state index contributed by atoms with van der Waals surface area (Å²) in [5.41, 5.74) is 5.67. The van der Waals surface area contributed by atoms with E-state index in [-0.39, 0.29) is 35.3 Å². The SMILES string of the molecule is CCOCCS(=O)(=O)NC1C(C)(C)C(N)C1(C)C. The maximum Gasteiger partial charge on any atom is 0.214 e. The Labute approximate surface area is 111 Å². The van der Waals surface area contributed by atoms with Crippen LogP contribution in [-0.4, -0.2) is 39.5 Å². The van der Waals surface area contributed by atoms with Crippen LogP contribution in [0.15, 0.2) is 0 Å². The van der Waals surface area contributed by atoms with Crippen LogP contribution in [0, 0.1) is 10.8 Å². The van der Waals surface area contributed by atoms with Gasteiger partial charge in [0.1, 0.15) is 0 Å². The van der Waals surface area contributed by atoms with Crippen LogP contribution in [0.4, 0.5) is 0 Å². The second-order valence-corrected chi connectivity index (χ2v) is 8.06. The van der Waals surface area contributed by atoms with E-state index in [1.165, 1.54) is 0 Å². The van der Waals surface area contributed by atoms with E-state index in [1.807, 2.05) is 34.6 Å². The van der Waals surface area contributed by atoms with Crippen LogP contribution in [0.5, 0.6) is 0 Å². The van der Waals surface area contributed by atoms with Crippen LogP contribution >= 0.6 is 0 Å². The van der Waals surface area contributed by atoms with Crippen LogP contribution in [0.3, 0.4) is 0 Å². The van der Waals surface area contributed by atoms with Crippen LogP contribution in [0.1, 0.15) is 34.6 Å². The molecule has 1 aliphatic rings. The standard InChI is InChI=1S/C12H26N2O3S/c1-6-17-7-8-18(15,16)14-10-11(2,3)9(13)12(10,4)5/h9-10,14H,6-8,13H2,1-5H3. The zero-order valence-electron chi connectivity index (χ0n) is 12.0. The summed E-state index contributed by atoms with van der Waals surface area (Å²) in [5, 5.41) is 0. The molecule has 0 atom stereocenters. The lowest BCUT2D eigenvalue weighted by atomic mass is 9.49. The molecule has 1 fully saturated rings. The van der Waals surface area contributed by atoms with Gasteiger partial charge in [-0.25, -0.2) is 13.1 Å². The maximum absolute atomic E-state index is 12.0. The van der Waals surface area contributed by atoms with Crippen molar-refractivity contribution in [2.45, 2.75) is 46.7 Å². The van der Waals surface area contributed by atoms with Crippen LogP contribution in [0.2, 0.25) is 0 Å². The van der Waals surface area contributed by atoms with Gasteiger partial charge in [0.2, 0.25) is 10.0 Å². The molecule has 1 rings (SSSR count). The zero-order valence-corrected chi connectivity index (χ0v) is 12.8. The molecule has 0 unspecified atom stereocenters. The molecule has 0 aromatic rings. The summed E-state index contributed by atoms with van der Waals surface area (Å²) >= 11 is 0. The van der Waals surface area contributed by atoms with Crippen LogP contribution < -0.4 is 10.5 Å². The Bertz CT molecular complexity index is 374. The van der Waals surface area contributed by atoms with E-state index in [0.29, 0.717) is 6.61 Å². The van der Waals surface area contributed by atoms with Gasteiger partial charge in [0.25, 0.3) is 0 Å². The number of rotatable bonds is 6. The average Bonchev–Trinajstić information content (AvgIpc) is 2.25. The van der Waals surface area contributed by atoms with Crippen molar-refractivity contribution in [1.82, 2.24) is 4.72 Å². The fourth-order valence-electron chi connectivity index (χ4n) is 3.04. The summed E-state index contributed by atoms with van der Waals surface area (Å²) in [5.74, 6) is -0.00125. The summed E-state index contributed by atoms with van der Waals surface area (Å²) in [6, 6.07) is -0.142.